The molecule has 0 unspecified atom stereocenters. The number of nitrogens with one attached hydrogen (secondary N) is 1. The molecule has 0 saturated carbocycles. The summed E-state index contributed by atoms with van der Waals surface area (Å²) >= 11 is 0. The van der Waals surface area contributed by atoms with Gasteiger partial charge in [0.05, 0.1) is 6.54 Å². The fraction of sp³-hybridized carbons (Fsp3) is 0.238. The minimum Gasteiger partial charge on any atom is -0.339 e. The third kappa shape index (κ3) is 4.62. The van der Waals surface area contributed by atoms with Gasteiger partial charge in [-0.05, 0) is 55.8 Å². The van der Waals surface area contributed by atoms with E-state index in [1.807, 2.05) is 26.0 Å². The van der Waals surface area contributed by atoms with Crippen molar-refractivity contribution in [3.05, 3.63) is 77.9 Å². The monoisotopic (exact) mass is 377 g/mol. The summed E-state index contributed by atoms with van der Waals surface area (Å²) in [4.78, 5) is 30.5. The van der Waals surface area contributed by atoms with E-state index < -0.39 is 0 Å². The van der Waals surface area contributed by atoms with E-state index in [-0.39, 0.29) is 11.8 Å². The lowest BCUT2D eigenvalue weighted by Gasteiger charge is -2.18. The van der Waals surface area contributed by atoms with E-state index in [1.54, 1.807) is 52.3 Å². The summed E-state index contributed by atoms with van der Waals surface area (Å²) in [5.41, 5.74) is 2.85. The van der Waals surface area contributed by atoms with Crippen LogP contribution in [-0.2, 0) is 6.54 Å². The molecular weight excluding hydrogens is 354 g/mol. The van der Waals surface area contributed by atoms with Gasteiger partial charge in [-0.3, -0.25) is 9.59 Å². The SMILES string of the molecule is CCN(CC)C(=O)c1ccc(NC(=O)c2ccc(Cn3cncn3)cc2)cc1. The third-order valence-electron chi connectivity index (χ3n) is 4.47. The van der Waals surface area contributed by atoms with Crippen molar-refractivity contribution in [2.45, 2.75) is 20.4 Å². The molecule has 0 fully saturated rings. The smallest absolute Gasteiger partial charge is 0.255 e. The number of anilines is 1. The van der Waals surface area contributed by atoms with Crippen molar-refractivity contribution < 1.29 is 9.59 Å². The summed E-state index contributed by atoms with van der Waals surface area (Å²) in [6.45, 7) is 5.84. The highest BCUT2D eigenvalue weighted by Gasteiger charge is 2.12. The maximum atomic E-state index is 12.4. The second kappa shape index (κ2) is 8.94. The second-order valence-electron chi connectivity index (χ2n) is 6.30. The van der Waals surface area contributed by atoms with E-state index in [9.17, 15) is 9.59 Å². The summed E-state index contributed by atoms with van der Waals surface area (Å²) in [6, 6.07) is 14.3. The number of aromatic nitrogens is 3. The topological polar surface area (TPSA) is 80.1 Å². The molecule has 3 rings (SSSR count). The molecule has 1 N–H and O–H groups in total. The Morgan fingerprint density at radius 3 is 2.18 bits per heavy atom. The zero-order chi connectivity index (χ0) is 19.9. The van der Waals surface area contributed by atoms with E-state index in [1.165, 1.54) is 6.33 Å². The molecule has 7 heteroatoms. The van der Waals surface area contributed by atoms with Crippen LogP contribution in [0.15, 0.2) is 61.2 Å². The maximum absolute atomic E-state index is 12.4. The van der Waals surface area contributed by atoms with Gasteiger partial charge in [0.1, 0.15) is 12.7 Å². The van der Waals surface area contributed by atoms with Crippen molar-refractivity contribution in [1.82, 2.24) is 19.7 Å². The molecular formula is C21H23N5O2. The Labute approximate surface area is 164 Å². The average Bonchev–Trinajstić information content (AvgIpc) is 3.23. The number of carbonyl (C=O) groups excluding carboxylic acids is 2. The molecule has 0 aliphatic rings. The molecule has 0 spiro atoms. The van der Waals surface area contributed by atoms with Gasteiger partial charge in [-0.1, -0.05) is 12.1 Å². The number of hydrogen-bond acceptors (Lipinski definition) is 4. The van der Waals surface area contributed by atoms with Crippen LogP contribution in [0.4, 0.5) is 5.69 Å². The number of nitrogens with zero attached hydrogens (tertiary/aromatic N) is 4. The van der Waals surface area contributed by atoms with Crippen LogP contribution < -0.4 is 5.32 Å². The van der Waals surface area contributed by atoms with Gasteiger partial charge in [-0.25, -0.2) is 9.67 Å². The molecule has 1 aromatic heterocycles. The van der Waals surface area contributed by atoms with Crippen LogP contribution in [0.1, 0.15) is 40.1 Å². The number of rotatable bonds is 7. The predicted molar refractivity (Wildman–Crippen MR) is 107 cm³/mol. The fourth-order valence-electron chi connectivity index (χ4n) is 2.86. The Balaban J connectivity index is 1.62. The molecule has 1 heterocycles. The number of carbonyl (C=O) groups is 2. The van der Waals surface area contributed by atoms with Crippen LogP contribution >= 0.6 is 0 Å². The van der Waals surface area contributed by atoms with Crippen LogP contribution in [0, 0.1) is 0 Å². The first kappa shape index (κ1) is 19.3. The van der Waals surface area contributed by atoms with Crippen molar-refractivity contribution in [3.8, 4) is 0 Å². The summed E-state index contributed by atoms with van der Waals surface area (Å²) in [5, 5.41) is 6.92. The Kier molecular flexibility index (Phi) is 6.16. The largest absolute Gasteiger partial charge is 0.339 e. The number of benzene rings is 2. The minimum atomic E-state index is -0.199. The predicted octanol–water partition coefficient (Wildman–Crippen LogP) is 3.06. The average molecular weight is 377 g/mol. The van der Waals surface area contributed by atoms with E-state index in [0.29, 0.717) is 36.4 Å². The molecule has 0 aliphatic carbocycles. The van der Waals surface area contributed by atoms with Gasteiger partial charge < -0.3 is 10.2 Å². The highest BCUT2D eigenvalue weighted by Crippen LogP contribution is 2.14. The highest BCUT2D eigenvalue weighted by atomic mass is 16.2. The lowest BCUT2D eigenvalue weighted by atomic mass is 10.1. The number of amides is 2. The van der Waals surface area contributed by atoms with E-state index in [4.69, 9.17) is 0 Å². The third-order valence-corrected chi connectivity index (χ3v) is 4.47. The van der Waals surface area contributed by atoms with Crippen LogP contribution in [0.25, 0.3) is 0 Å². The van der Waals surface area contributed by atoms with Gasteiger partial charge in [-0.2, -0.15) is 5.10 Å². The molecule has 0 aliphatic heterocycles. The van der Waals surface area contributed by atoms with Gasteiger partial charge in [0.15, 0.2) is 0 Å². The Morgan fingerprint density at radius 2 is 1.61 bits per heavy atom. The van der Waals surface area contributed by atoms with Crippen molar-refractivity contribution in [2.24, 2.45) is 0 Å². The van der Waals surface area contributed by atoms with Crippen LogP contribution in [-0.4, -0.2) is 44.6 Å². The molecule has 2 amide bonds. The first-order valence-electron chi connectivity index (χ1n) is 9.22. The minimum absolute atomic E-state index is 0.00847. The summed E-state index contributed by atoms with van der Waals surface area (Å²) in [7, 11) is 0. The Morgan fingerprint density at radius 1 is 0.964 bits per heavy atom. The van der Waals surface area contributed by atoms with Crippen molar-refractivity contribution in [2.75, 3.05) is 18.4 Å². The summed E-state index contributed by atoms with van der Waals surface area (Å²) in [6.07, 6.45) is 3.14. The van der Waals surface area contributed by atoms with E-state index in [2.05, 4.69) is 15.4 Å². The lowest BCUT2D eigenvalue weighted by molar-refractivity contribution is 0.0773. The van der Waals surface area contributed by atoms with Crippen molar-refractivity contribution >= 4 is 17.5 Å². The molecule has 0 bridgehead atoms. The summed E-state index contributed by atoms with van der Waals surface area (Å²) < 4.78 is 1.72. The maximum Gasteiger partial charge on any atom is 0.255 e. The highest BCUT2D eigenvalue weighted by molar-refractivity contribution is 6.04. The van der Waals surface area contributed by atoms with Gasteiger partial charge in [-0.15, -0.1) is 0 Å². The van der Waals surface area contributed by atoms with E-state index in [0.717, 1.165) is 5.56 Å². The van der Waals surface area contributed by atoms with E-state index >= 15 is 0 Å². The normalized spacial score (nSPS) is 10.5. The van der Waals surface area contributed by atoms with Gasteiger partial charge >= 0.3 is 0 Å². The molecule has 0 saturated heterocycles. The molecule has 2 aromatic carbocycles. The van der Waals surface area contributed by atoms with Gasteiger partial charge in [0.2, 0.25) is 0 Å². The molecule has 0 atom stereocenters. The zero-order valence-electron chi connectivity index (χ0n) is 16.0. The fourth-order valence-corrected chi connectivity index (χ4v) is 2.86. The molecule has 3 aromatic rings. The lowest BCUT2D eigenvalue weighted by Crippen LogP contribution is -2.30. The Hall–Kier alpha value is -3.48. The Bertz CT molecular complexity index is 914. The molecule has 28 heavy (non-hydrogen) atoms. The quantitative estimate of drug-likeness (QED) is 0.686. The van der Waals surface area contributed by atoms with Crippen LogP contribution in [0.5, 0.6) is 0 Å². The zero-order valence-corrected chi connectivity index (χ0v) is 16.0. The molecule has 144 valence electrons. The standard InChI is InChI=1S/C21H23N5O2/c1-3-25(4-2)21(28)18-9-11-19(12-10-18)24-20(27)17-7-5-16(6-8-17)13-26-15-22-14-23-26/h5-12,14-15H,3-4,13H2,1-2H3,(H,24,27). The molecule has 7 nitrogen and oxygen atoms in total. The van der Waals surface area contributed by atoms with Crippen molar-refractivity contribution in [3.63, 3.8) is 0 Å². The number of hydrogen-bond donors (Lipinski definition) is 1. The summed E-state index contributed by atoms with van der Waals surface area (Å²) in [5.74, 6) is -0.207. The van der Waals surface area contributed by atoms with Gasteiger partial charge in [0.25, 0.3) is 11.8 Å². The van der Waals surface area contributed by atoms with Crippen LogP contribution in [0.2, 0.25) is 0 Å². The van der Waals surface area contributed by atoms with Crippen LogP contribution in [0.3, 0.4) is 0 Å². The van der Waals surface area contributed by atoms with Crippen molar-refractivity contribution in [1.29, 1.82) is 0 Å². The second-order valence-corrected chi connectivity index (χ2v) is 6.30. The first-order valence-corrected chi connectivity index (χ1v) is 9.22. The van der Waals surface area contributed by atoms with Gasteiger partial charge in [0, 0.05) is 29.9 Å². The first-order chi connectivity index (χ1) is 13.6. The molecule has 0 radical (unpaired) electrons.